The lowest BCUT2D eigenvalue weighted by atomic mass is 10.0. The van der Waals surface area contributed by atoms with Crippen molar-refractivity contribution in [1.82, 2.24) is 24.6 Å². The number of likely N-dealkylation sites (tertiary alicyclic amines) is 1. The fourth-order valence-electron chi connectivity index (χ4n) is 3.88. The van der Waals surface area contributed by atoms with Crippen LogP contribution < -0.4 is 4.74 Å². The van der Waals surface area contributed by atoms with Crippen molar-refractivity contribution in [2.24, 2.45) is 0 Å². The van der Waals surface area contributed by atoms with Crippen molar-refractivity contribution in [3.05, 3.63) is 71.6 Å². The predicted molar refractivity (Wildman–Crippen MR) is 109 cm³/mol. The van der Waals surface area contributed by atoms with Crippen LogP contribution in [0.1, 0.15) is 45.9 Å². The highest BCUT2D eigenvalue weighted by Gasteiger charge is 2.26. The van der Waals surface area contributed by atoms with Gasteiger partial charge < -0.3 is 9.64 Å². The fourth-order valence-corrected chi connectivity index (χ4v) is 3.88. The van der Waals surface area contributed by atoms with Crippen LogP contribution in [0.2, 0.25) is 0 Å². The van der Waals surface area contributed by atoms with Crippen LogP contribution in [0.15, 0.2) is 49.3 Å². The number of hydrogen-bond acceptors (Lipinski definition) is 5. The molecule has 1 unspecified atom stereocenters. The number of aromatic nitrogens is 4. The summed E-state index contributed by atoms with van der Waals surface area (Å²) in [5.74, 6) is 0.879. The number of nitrogens with zero attached hydrogens (tertiary/aromatic N) is 5. The van der Waals surface area contributed by atoms with E-state index >= 15 is 0 Å². The van der Waals surface area contributed by atoms with Gasteiger partial charge in [0.25, 0.3) is 5.91 Å². The molecular formula is C22H25N5O2. The number of pyridine rings is 1. The molecule has 0 saturated carbocycles. The van der Waals surface area contributed by atoms with Crippen molar-refractivity contribution in [2.75, 3.05) is 13.1 Å². The summed E-state index contributed by atoms with van der Waals surface area (Å²) >= 11 is 0. The van der Waals surface area contributed by atoms with Gasteiger partial charge in [0, 0.05) is 36.6 Å². The molecule has 7 nitrogen and oxygen atoms in total. The van der Waals surface area contributed by atoms with Crippen molar-refractivity contribution in [1.29, 1.82) is 0 Å². The number of carbonyl (C=O) groups excluding carboxylic acids is 1. The molecular weight excluding hydrogens is 366 g/mol. The molecule has 1 atom stereocenters. The van der Waals surface area contributed by atoms with Crippen molar-refractivity contribution in [3.63, 3.8) is 0 Å². The monoisotopic (exact) mass is 391 g/mol. The summed E-state index contributed by atoms with van der Waals surface area (Å²) in [4.78, 5) is 23.2. The van der Waals surface area contributed by atoms with Gasteiger partial charge in [-0.15, -0.1) is 0 Å². The maximum atomic E-state index is 13.1. The van der Waals surface area contributed by atoms with Gasteiger partial charge in [0.2, 0.25) is 0 Å². The van der Waals surface area contributed by atoms with Crippen LogP contribution in [0.3, 0.4) is 0 Å². The molecule has 7 heteroatoms. The molecule has 1 aliphatic rings. The second-order valence-corrected chi connectivity index (χ2v) is 7.51. The fraction of sp³-hybridized carbons (Fsp3) is 0.364. The summed E-state index contributed by atoms with van der Waals surface area (Å²) in [7, 11) is 0. The van der Waals surface area contributed by atoms with Crippen molar-refractivity contribution in [3.8, 4) is 5.75 Å². The van der Waals surface area contributed by atoms with Crippen LogP contribution in [-0.2, 0) is 6.61 Å². The lowest BCUT2D eigenvalue weighted by Crippen LogP contribution is -2.40. The molecule has 0 aliphatic carbocycles. The Kier molecular flexibility index (Phi) is 5.55. The molecule has 0 spiro atoms. The molecule has 3 heterocycles. The third-order valence-electron chi connectivity index (χ3n) is 5.31. The Morgan fingerprint density at radius 1 is 1.24 bits per heavy atom. The third-order valence-corrected chi connectivity index (χ3v) is 5.31. The van der Waals surface area contributed by atoms with Gasteiger partial charge in [-0.25, -0.2) is 9.67 Å². The van der Waals surface area contributed by atoms with Crippen LogP contribution in [0.25, 0.3) is 0 Å². The van der Waals surface area contributed by atoms with Gasteiger partial charge >= 0.3 is 0 Å². The zero-order valence-electron chi connectivity index (χ0n) is 16.8. The van der Waals surface area contributed by atoms with E-state index in [-0.39, 0.29) is 11.9 Å². The number of hydrogen-bond donors (Lipinski definition) is 0. The lowest BCUT2D eigenvalue weighted by Gasteiger charge is -2.32. The third kappa shape index (κ3) is 4.29. The summed E-state index contributed by atoms with van der Waals surface area (Å²) in [5.41, 5.74) is 3.64. The number of ether oxygens (including phenoxy) is 1. The van der Waals surface area contributed by atoms with E-state index in [0.29, 0.717) is 18.7 Å². The van der Waals surface area contributed by atoms with E-state index < -0.39 is 0 Å². The van der Waals surface area contributed by atoms with Gasteiger partial charge in [-0.3, -0.25) is 9.78 Å². The minimum Gasteiger partial charge on any atom is -0.488 e. The average Bonchev–Trinajstić information content (AvgIpc) is 3.28. The van der Waals surface area contributed by atoms with E-state index in [9.17, 15) is 4.79 Å². The van der Waals surface area contributed by atoms with Crippen LogP contribution in [-0.4, -0.2) is 43.6 Å². The second kappa shape index (κ2) is 8.43. The Hall–Kier alpha value is -3.22. The molecule has 1 aliphatic heterocycles. The highest BCUT2D eigenvalue weighted by molar-refractivity contribution is 5.95. The van der Waals surface area contributed by atoms with Crippen LogP contribution in [0, 0.1) is 13.8 Å². The Morgan fingerprint density at radius 2 is 2.07 bits per heavy atom. The van der Waals surface area contributed by atoms with Gasteiger partial charge in [0.15, 0.2) is 0 Å². The maximum absolute atomic E-state index is 13.1. The Labute approximate surface area is 170 Å². The van der Waals surface area contributed by atoms with Crippen molar-refractivity contribution >= 4 is 5.91 Å². The zero-order valence-corrected chi connectivity index (χ0v) is 16.8. The summed E-state index contributed by atoms with van der Waals surface area (Å²) in [6.07, 6.45) is 8.77. The molecule has 3 aromatic rings. The molecule has 1 aromatic carbocycles. The zero-order chi connectivity index (χ0) is 20.2. The van der Waals surface area contributed by atoms with Crippen LogP contribution in [0.5, 0.6) is 5.75 Å². The molecule has 29 heavy (non-hydrogen) atoms. The highest BCUT2D eigenvalue weighted by atomic mass is 16.5. The predicted octanol–water partition coefficient (Wildman–Crippen LogP) is 3.35. The number of rotatable bonds is 5. The second-order valence-electron chi connectivity index (χ2n) is 7.51. The first-order valence-electron chi connectivity index (χ1n) is 9.88. The Bertz CT molecular complexity index is 949. The van der Waals surface area contributed by atoms with Crippen molar-refractivity contribution in [2.45, 2.75) is 39.3 Å². The summed E-state index contributed by atoms with van der Waals surface area (Å²) in [5, 5.41) is 4.24. The Balaban J connectivity index is 1.47. The van der Waals surface area contributed by atoms with E-state index in [1.54, 1.807) is 18.7 Å². The number of benzene rings is 1. The highest BCUT2D eigenvalue weighted by Crippen LogP contribution is 2.28. The number of aryl methyl sites for hydroxylation is 2. The van der Waals surface area contributed by atoms with Gasteiger partial charge in [0.1, 0.15) is 25.0 Å². The summed E-state index contributed by atoms with van der Waals surface area (Å²) in [6.45, 7) is 5.84. The standard InChI is InChI=1S/C22H25N5O2/c1-16-9-19(10-17(2)21(16)29-13-18-5-3-7-23-11-18)22(28)26-8-4-6-20(12-26)27-15-24-14-25-27/h3,5,7,9-11,14-15,20H,4,6,8,12-13H2,1-2H3. The molecule has 4 rings (SSSR count). The molecule has 2 aromatic heterocycles. The molecule has 150 valence electrons. The maximum Gasteiger partial charge on any atom is 0.253 e. The number of carbonyl (C=O) groups is 1. The largest absolute Gasteiger partial charge is 0.488 e. The van der Waals surface area contributed by atoms with Gasteiger partial charge in [-0.2, -0.15) is 5.10 Å². The number of piperidine rings is 1. The quantitative estimate of drug-likeness (QED) is 0.667. The number of amides is 1. The van der Waals surface area contributed by atoms with Gasteiger partial charge in [0.05, 0.1) is 6.04 Å². The first-order chi connectivity index (χ1) is 14.1. The molecule has 1 amide bonds. The Morgan fingerprint density at radius 3 is 2.76 bits per heavy atom. The normalized spacial score (nSPS) is 16.6. The van der Waals surface area contributed by atoms with Gasteiger partial charge in [-0.1, -0.05) is 6.07 Å². The van der Waals surface area contributed by atoms with Gasteiger partial charge in [-0.05, 0) is 56.0 Å². The van der Waals surface area contributed by atoms with E-state index in [1.807, 2.05) is 47.7 Å². The molecule has 1 saturated heterocycles. The van der Waals surface area contributed by atoms with E-state index in [2.05, 4.69) is 15.1 Å². The minimum absolute atomic E-state index is 0.0554. The molecule has 1 fully saturated rings. The SMILES string of the molecule is Cc1cc(C(=O)N2CCCC(n3cncn3)C2)cc(C)c1OCc1cccnc1. The first kappa shape index (κ1) is 19.1. The molecule has 0 N–H and O–H groups in total. The minimum atomic E-state index is 0.0554. The summed E-state index contributed by atoms with van der Waals surface area (Å²) < 4.78 is 7.87. The molecule has 0 radical (unpaired) electrons. The van der Waals surface area contributed by atoms with E-state index in [0.717, 1.165) is 41.8 Å². The average molecular weight is 391 g/mol. The molecule has 0 bridgehead atoms. The summed E-state index contributed by atoms with van der Waals surface area (Å²) in [6, 6.07) is 7.91. The van der Waals surface area contributed by atoms with E-state index in [1.165, 1.54) is 6.33 Å². The topological polar surface area (TPSA) is 73.1 Å². The smallest absolute Gasteiger partial charge is 0.253 e. The van der Waals surface area contributed by atoms with E-state index in [4.69, 9.17) is 4.74 Å². The van der Waals surface area contributed by atoms with Crippen LogP contribution >= 0.6 is 0 Å². The van der Waals surface area contributed by atoms with Crippen LogP contribution in [0.4, 0.5) is 0 Å². The lowest BCUT2D eigenvalue weighted by molar-refractivity contribution is 0.0672. The van der Waals surface area contributed by atoms with Crippen molar-refractivity contribution < 1.29 is 9.53 Å². The first-order valence-corrected chi connectivity index (χ1v) is 9.88.